The molecule has 1 fully saturated rings. The molecule has 1 atom stereocenters. The Morgan fingerprint density at radius 3 is 2.13 bits per heavy atom. The van der Waals surface area contributed by atoms with E-state index in [9.17, 15) is 19.8 Å². The maximum absolute atomic E-state index is 13.4. The average Bonchev–Trinajstić information content (AvgIpc) is 3.13. The first-order valence-corrected chi connectivity index (χ1v) is 12.6. The predicted molar refractivity (Wildman–Crippen MR) is 147 cm³/mol. The van der Waals surface area contributed by atoms with Crippen LogP contribution in [0.1, 0.15) is 43.5 Å². The van der Waals surface area contributed by atoms with Crippen molar-refractivity contribution >= 4 is 29.1 Å². The molecule has 1 aliphatic rings. The number of phenolic OH excluding ortho intramolecular Hbond substituents is 1. The van der Waals surface area contributed by atoms with Crippen LogP contribution in [0.25, 0.3) is 5.76 Å². The number of likely N-dealkylation sites (tertiary alicyclic amines) is 1. The van der Waals surface area contributed by atoms with Gasteiger partial charge in [0, 0.05) is 12.6 Å². The summed E-state index contributed by atoms with van der Waals surface area (Å²) in [6, 6.07) is 15.3. The highest BCUT2D eigenvalue weighted by Gasteiger charge is 2.46. The third kappa shape index (κ3) is 5.81. The number of hydrogen-bond donors (Lipinski definition) is 2. The molecular formula is C30H30ClNO7. The second-order valence-corrected chi connectivity index (χ2v) is 10.5. The summed E-state index contributed by atoms with van der Waals surface area (Å²) in [5.74, 6) is -0.912. The van der Waals surface area contributed by atoms with Gasteiger partial charge in [-0.2, -0.15) is 0 Å². The van der Waals surface area contributed by atoms with E-state index < -0.39 is 23.5 Å². The van der Waals surface area contributed by atoms with Gasteiger partial charge in [-0.3, -0.25) is 9.59 Å². The molecule has 2 N–H and O–H groups in total. The van der Waals surface area contributed by atoms with Crippen molar-refractivity contribution in [2.45, 2.75) is 39.0 Å². The summed E-state index contributed by atoms with van der Waals surface area (Å²) in [6.45, 7) is 5.93. The third-order valence-corrected chi connectivity index (χ3v) is 6.47. The van der Waals surface area contributed by atoms with Gasteiger partial charge < -0.3 is 29.3 Å². The highest BCUT2D eigenvalue weighted by atomic mass is 35.5. The number of nitrogens with zero attached hydrogens (tertiary/aromatic N) is 1. The molecule has 1 amide bonds. The number of ether oxygens (including phenoxy) is 3. The number of benzene rings is 3. The molecule has 3 aromatic carbocycles. The number of aliphatic hydroxyl groups is 1. The minimum atomic E-state index is -0.942. The Bertz CT molecular complexity index is 1420. The molecule has 0 aromatic heterocycles. The molecular weight excluding hydrogens is 522 g/mol. The molecule has 3 aromatic rings. The lowest BCUT2D eigenvalue weighted by Crippen LogP contribution is -2.29. The lowest BCUT2D eigenvalue weighted by molar-refractivity contribution is -0.140. The number of amides is 1. The van der Waals surface area contributed by atoms with Gasteiger partial charge in [-0.25, -0.2) is 0 Å². The molecule has 204 valence electrons. The first-order valence-electron chi connectivity index (χ1n) is 12.2. The summed E-state index contributed by atoms with van der Waals surface area (Å²) in [7, 11) is 2.82. The fourth-order valence-electron chi connectivity index (χ4n) is 4.45. The lowest BCUT2D eigenvalue weighted by Gasteiger charge is -2.26. The quantitative estimate of drug-likeness (QED) is 0.215. The number of hydrogen-bond acceptors (Lipinski definition) is 7. The summed E-state index contributed by atoms with van der Waals surface area (Å²) >= 11 is 6.23. The van der Waals surface area contributed by atoms with Crippen molar-refractivity contribution in [2.24, 2.45) is 0 Å². The Hall–Kier alpha value is -4.17. The van der Waals surface area contributed by atoms with E-state index in [2.05, 4.69) is 0 Å². The smallest absolute Gasteiger partial charge is 0.295 e. The van der Waals surface area contributed by atoms with E-state index in [1.165, 1.54) is 43.4 Å². The maximum atomic E-state index is 13.4. The molecule has 1 saturated heterocycles. The predicted octanol–water partition coefficient (Wildman–Crippen LogP) is 5.86. The van der Waals surface area contributed by atoms with E-state index in [4.69, 9.17) is 25.8 Å². The fourth-order valence-corrected chi connectivity index (χ4v) is 4.68. The van der Waals surface area contributed by atoms with Crippen molar-refractivity contribution in [2.75, 3.05) is 14.2 Å². The minimum Gasteiger partial charge on any atom is -0.508 e. The number of carbonyl (C=O) groups excluding carboxylic acids is 2. The van der Waals surface area contributed by atoms with Gasteiger partial charge in [-0.05, 0) is 62.2 Å². The monoisotopic (exact) mass is 551 g/mol. The van der Waals surface area contributed by atoms with Crippen molar-refractivity contribution < 1.29 is 34.0 Å². The summed E-state index contributed by atoms with van der Waals surface area (Å²) in [5.41, 5.74) is 0.935. The van der Waals surface area contributed by atoms with Gasteiger partial charge in [0.25, 0.3) is 11.7 Å². The number of aliphatic hydroxyl groups excluding tert-OH is 1. The van der Waals surface area contributed by atoms with Crippen LogP contribution in [0.2, 0.25) is 5.02 Å². The number of ketones is 1. The summed E-state index contributed by atoms with van der Waals surface area (Å²) < 4.78 is 16.6. The first kappa shape index (κ1) is 27.9. The summed E-state index contributed by atoms with van der Waals surface area (Å²) in [6.07, 6.45) is 0. The van der Waals surface area contributed by atoms with E-state index >= 15 is 0 Å². The summed E-state index contributed by atoms with van der Waals surface area (Å²) in [4.78, 5) is 28.2. The molecule has 1 aliphatic heterocycles. The van der Waals surface area contributed by atoms with Crippen molar-refractivity contribution in [1.82, 2.24) is 4.90 Å². The molecule has 0 aliphatic carbocycles. The van der Waals surface area contributed by atoms with Gasteiger partial charge in [0.05, 0.1) is 36.4 Å². The molecule has 4 rings (SSSR count). The van der Waals surface area contributed by atoms with Crippen LogP contribution in [-0.4, -0.2) is 46.6 Å². The molecule has 0 saturated carbocycles. The standard InChI is InChI=1S/C30H30ClNO7/c1-30(2,3)39-20-12-6-17(7-13-20)16-32-26(18-8-10-19(33)11-9-18)25(28(35)29(32)36)27(34)21-14-24(38-5)22(31)15-23(21)37-4/h6-15,26,33-34H,16H2,1-5H3/b27-25+. The summed E-state index contributed by atoms with van der Waals surface area (Å²) in [5, 5.41) is 21.6. The molecule has 9 heteroatoms. The number of aromatic hydroxyl groups is 1. The molecule has 1 heterocycles. The molecule has 8 nitrogen and oxygen atoms in total. The number of halogens is 1. The number of methoxy groups -OCH3 is 2. The highest BCUT2D eigenvalue weighted by Crippen LogP contribution is 2.44. The van der Waals surface area contributed by atoms with Gasteiger partial charge in [0.2, 0.25) is 0 Å². The van der Waals surface area contributed by atoms with Crippen LogP contribution in [0.15, 0.2) is 66.2 Å². The zero-order valence-corrected chi connectivity index (χ0v) is 23.1. The van der Waals surface area contributed by atoms with Gasteiger partial charge in [0.1, 0.15) is 34.4 Å². The van der Waals surface area contributed by atoms with E-state index in [1.54, 1.807) is 24.3 Å². The van der Waals surface area contributed by atoms with Gasteiger partial charge in [-0.15, -0.1) is 0 Å². The van der Waals surface area contributed by atoms with Gasteiger partial charge in [0.15, 0.2) is 0 Å². The largest absolute Gasteiger partial charge is 0.508 e. The van der Waals surface area contributed by atoms with Crippen LogP contribution < -0.4 is 14.2 Å². The Labute approximate surface area is 232 Å². The second-order valence-electron chi connectivity index (χ2n) is 10.1. The molecule has 1 unspecified atom stereocenters. The van der Waals surface area contributed by atoms with Gasteiger partial charge >= 0.3 is 0 Å². The Kier molecular flexibility index (Phi) is 7.79. The van der Waals surface area contributed by atoms with Crippen LogP contribution >= 0.6 is 11.6 Å². The van der Waals surface area contributed by atoms with Crippen molar-refractivity contribution in [1.29, 1.82) is 0 Å². The van der Waals surface area contributed by atoms with Crippen LogP contribution in [0, 0.1) is 0 Å². The van der Waals surface area contributed by atoms with E-state index in [1.807, 2.05) is 32.9 Å². The van der Waals surface area contributed by atoms with Crippen LogP contribution in [0.5, 0.6) is 23.0 Å². The Morgan fingerprint density at radius 1 is 0.949 bits per heavy atom. The Morgan fingerprint density at radius 2 is 1.56 bits per heavy atom. The minimum absolute atomic E-state index is 0.0224. The second kappa shape index (κ2) is 10.9. The first-order chi connectivity index (χ1) is 18.4. The van der Waals surface area contributed by atoms with Crippen LogP contribution in [0.3, 0.4) is 0 Å². The topological polar surface area (TPSA) is 106 Å². The average molecular weight is 552 g/mol. The van der Waals surface area contributed by atoms with E-state index in [-0.39, 0.29) is 45.6 Å². The SMILES string of the molecule is COc1cc(/C(O)=C2\C(=O)C(=O)N(Cc3ccc(OC(C)(C)C)cc3)C2c2ccc(O)cc2)c(OC)cc1Cl. The Balaban J connectivity index is 1.82. The van der Waals surface area contributed by atoms with E-state index in [0.29, 0.717) is 11.3 Å². The molecule has 39 heavy (non-hydrogen) atoms. The third-order valence-electron chi connectivity index (χ3n) is 6.18. The molecule has 0 radical (unpaired) electrons. The number of phenols is 1. The normalized spacial score (nSPS) is 16.9. The molecule has 0 bridgehead atoms. The van der Waals surface area contributed by atoms with E-state index in [0.717, 1.165) is 5.56 Å². The van der Waals surface area contributed by atoms with Crippen LogP contribution in [0.4, 0.5) is 0 Å². The van der Waals surface area contributed by atoms with Crippen molar-refractivity contribution in [3.63, 3.8) is 0 Å². The zero-order valence-electron chi connectivity index (χ0n) is 22.3. The molecule has 0 spiro atoms. The van der Waals surface area contributed by atoms with Crippen molar-refractivity contribution in [3.8, 4) is 23.0 Å². The zero-order chi connectivity index (χ0) is 28.5. The highest BCUT2D eigenvalue weighted by molar-refractivity contribution is 6.46. The lowest BCUT2D eigenvalue weighted by atomic mass is 9.94. The van der Waals surface area contributed by atoms with Crippen LogP contribution in [-0.2, 0) is 16.1 Å². The van der Waals surface area contributed by atoms with Gasteiger partial charge in [-0.1, -0.05) is 35.9 Å². The number of carbonyl (C=O) groups is 2. The number of rotatable bonds is 7. The van der Waals surface area contributed by atoms with Crippen molar-refractivity contribution in [3.05, 3.63) is 87.9 Å². The maximum Gasteiger partial charge on any atom is 0.295 e. The fraction of sp³-hybridized carbons (Fsp3) is 0.267. The number of Topliss-reactive ketones (excluding diaryl/α,β-unsaturated/α-hetero) is 1.